The summed E-state index contributed by atoms with van der Waals surface area (Å²) in [5.41, 5.74) is 1.07. The van der Waals surface area contributed by atoms with Gasteiger partial charge in [-0.15, -0.1) is 24.0 Å². The number of hydrogen-bond donors (Lipinski definition) is 2. The van der Waals surface area contributed by atoms with Gasteiger partial charge < -0.3 is 20.3 Å². The first kappa shape index (κ1) is 21.8. The van der Waals surface area contributed by atoms with E-state index in [4.69, 9.17) is 4.74 Å². The van der Waals surface area contributed by atoms with Crippen LogP contribution in [0.1, 0.15) is 44.6 Å². The van der Waals surface area contributed by atoms with E-state index in [1.165, 1.54) is 6.42 Å². The average molecular weight is 486 g/mol. The summed E-state index contributed by atoms with van der Waals surface area (Å²) < 4.78 is 6.07. The summed E-state index contributed by atoms with van der Waals surface area (Å²) in [5, 5.41) is 6.37. The fourth-order valence-corrected chi connectivity index (χ4v) is 3.16. The number of benzene rings is 1. The van der Waals surface area contributed by atoms with Crippen molar-refractivity contribution >= 4 is 35.8 Å². The Morgan fingerprint density at radius 3 is 2.59 bits per heavy atom. The molecule has 0 aromatic heterocycles. The molecule has 0 bridgehead atoms. The van der Waals surface area contributed by atoms with Gasteiger partial charge in [-0.3, -0.25) is 4.79 Å². The highest BCUT2D eigenvalue weighted by Crippen LogP contribution is 2.27. The van der Waals surface area contributed by atoms with Crippen molar-refractivity contribution in [1.29, 1.82) is 0 Å². The van der Waals surface area contributed by atoms with Gasteiger partial charge in [-0.1, -0.05) is 18.2 Å². The summed E-state index contributed by atoms with van der Waals surface area (Å²) in [6.07, 6.45) is 6.10. The highest BCUT2D eigenvalue weighted by atomic mass is 127. The first-order valence-electron chi connectivity index (χ1n) is 9.81. The number of carbonyl (C=O) groups excluding carboxylic acids is 1. The van der Waals surface area contributed by atoms with Crippen molar-refractivity contribution in [2.24, 2.45) is 4.99 Å². The normalized spacial score (nSPS) is 17.1. The molecule has 1 saturated carbocycles. The molecule has 2 N–H and O–H groups in total. The summed E-state index contributed by atoms with van der Waals surface area (Å²) in [6, 6.07) is 8.08. The quantitative estimate of drug-likeness (QED) is 0.354. The molecule has 7 heteroatoms. The van der Waals surface area contributed by atoms with Gasteiger partial charge in [0.25, 0.3) is 0 Å². The highest BCUT2D eigenvalue weighted by molar-refractivity contribution is 14.0. The Balaban J connectivity index is 0.00000261. The van der Waals surface area contributed by atoms with Crippen molar-refractivity contribution < 1.29 is 9.53 Å². The van der Waals surface area contributed by atoms with Gasteiger partial charge in [-0.2, -0.15) is 0 Å². The van der Waals surface area contributed by atoms with Crippen LogP contribution in [-0.4, -0.2) is 49.0 Å². The van der Waals surface area contributed by atoms with E-state index >= 15 is 0 Å². The minimum absolute atomic E-state index is 0. The third-order valence-electron chi connectivity index (χ3n) is 4.94. The zero-order valence-electron chi connectivity index (χ0n) is 16.1. The molecule has 27 heavy (non-hydrogen) atoms. The summed E-state index contributed by atoms with van der Waals surface area (Å²) in [5.74, 6) is 1.73. The van der Waals surface area contributed by atoms with Crippen LogP contribution in [-0.2, 0) is 11.3 Å². The van der Waals surface area contributed by atoms with Gasteiger partial charge in [0, 0.05) is 25.2 Å². The maximum Gasteiger partial charge on any atom is 0.241 e. The second-order valence-electron chi connectivity index (χ2n) is 6.92. The van der Waals surface area contributed by atoms with Crippen LogP contribution in [0.5, 0.6) is 5.75 Å². The Morgan fingerprint density at radius 1 is 1.19 bits per heavy atom. The van der Waals surface area contributed by atoms with Gasteiger partial charge >= 0.3 is 0 Å². The lowest BCUT2D eigenvalue weighted by molar-refractivity contribution is -0.128. The van der Waals surface area contributed by atoms with Crippen LogP contribution < -0.4 is 15.4 Å². The molecule has 0 radical (unpaired) electrons. The van der Waals surface area contributed by atoms with Crippen LogP contribution in [0.2, 0.25) is 0 Å². The zero-order valence-corrected chi connectivity index (χ0v) is 18.4. The fraction of sp³-hybridized carbons (Fsp3) is 0.600. The first-order chi connectivity index (χ1) is 12.8. The Labute approximate surface area is 179 Å². The molecule has 1 aliphatic heterocycles. The molecule has 0 atom stereocenters. The van der Waals surface area contributed by atoms with E-state index in [1.54, 1.807) is 0 Å². The predicted molar refractivity (Wildman–Crippen MR) is 119 cm³/mol. The molecule has 2 fully saturated rings. The Bertz CT molecular complexity index is 628. The Morgan fingerprint density at radius 2 is 1.93 bits per heavy atom. The van der Waals surface area contributed by atoms with E-state index in [0.717, 1.165) is 56.6 Å². The van der Waals surface area contributed by atoms with E-state index in [9.17, 15) is 4.79 Å². The van der Waals surface area contributed by atoms with Gasteiger partial charge in [0.1, 0.15) is 5.75 Å². The number of nitrogens with zero attached hydrogens (tertiary/aromatic N) is 2. The van der Waals surface area contributed by atoms with Gasteiger partial charge in [0.15, 0.2) is 5.96 Å². The van der Waals surface area contributed by atoms with E-state index in [2.05, 4.69) is 21.7 Å². The Hall–Kier alpha value is -1.51. The molecule has 1 aliphatic carbocycles. The molecule has 3 rings (SSSR count). The third kappa shape index (κ3) is 6.55. The van der Waals surface area contributed by atoms with E-state index in [0.29, 0.717) is 18.6 Å². The number of carbonyl (C=O) groups is 1. The van der Waals surface area contributed by atoms with E-state index in [-0.39, 0.29) is 36.4 Å². The third-order valence-corrected chi connectivity index (χ3v) is 4.94. The van der Waals surface area contributed by atoms with Crippen LogP contribution in [0.15, 0.2) is 29.3 Å². The minimum Gasteiger partial charge on any atom is -0.490 e. The molecule has 2 aliphatic rings. The standard InChI is InChI=1S/C20H30N4O2.HI/c1-2-21-20(23-15-19(25)24-12-5-6-13-24)22-14-16-8-3-4-11-18(16)26-17-9-7-10-17;/h3-4,8,11,17H,2,5-7,9-10,12-15H2,1H3,(H2,21,22,23);1H. The molecular weight excluding hydrogens is 455 g/mol. The molecule has 150 valence electrons. The molecule has 1 amide bonds. The van der Waals surface area contributed by atoms with Crippen LogP contribution in [0, 0.1) is 0 Å². The number of para-hydroxylation sites is 1. The number of aliphatic imine (C=N–C) groups is 1. The van der Waals surface area contributed by atoms with Crippen molar-refractivity contribution in [1.82, 2.24) is 15.5 Å². The summed E-state index contributed by atoms with van der Waals surface area (Å²) in [4.78, 5) is 18.8. The predicted octanol–water partition coefficient (Wildman–Crippen LogP) is 2.91. The average Bonchev–Trinajstić information content (AvgIpc) is 3.16. The lowest BCUT2D eigenvalue weighted by atomic mass is 9.96. The van der Waals surface area contributed by atoms with Gasteiger partial charge in [0.05, 0.1) is 19.2 Å². The maximum absolute atomic E-state index is 12.2. The molecule has 0 unspecified atom stereocenters. The van der Waals surface area contributed by atoms with Crippen molar-refractivity contribution in [2.75, 3.05) is 26.2 Å². The Kier molecular flexibility index (Phi) is 9.17. The lowest BCUT2D eigenvalue weighted by Crippen LogP contribution is -2.44. The second-order valence-corrected chi connectivity index (χ2v) is 6.92. The summed E-state index contributed by atoms with van der Waals surface area (Å²) in [7, 11) is 0. The number of nitrogens with one attached hydrogen (secondary N) is 2. The largest absolute Gasteiger partial charge is 0.490 e. The number of halogens is 1. The van der Waals surface area contributed by atoms with Gasteiger partial charge in [0.2, 0.25) is 5.91 Å². The monoisotopic (exact) mass is 486 g/mol. The summed E-state index contributed by atoms with van der Waals surface area (Å²) in [6.45, 7) is 5.33. The molecule has 1 saturated heterocycles. The van der Waals surface area contributed by atoms with Crippen molar-refractivity contribution in [3.8, 4) is 5.75 Å². The molecule has 1 aromatic carbocycles. The number of guanidine groups is 1. The maximum atomic E-state index is 12.2. The molecule has 1 aromatic rings. The number of ether oxygens (including phenoxy) is 1. The summed E-state index contributed by atoms with van der Waals surface area (Å²) >= 11 is 0. The van der Waals surface area contributed by atoms with Crippen molar-refractivity contribution in [3.63, 3.8) is 0 Å². The van der Waals surface area contributed by atoms with Crippen LogP contribution >= 0.6 is 24.0 Å². The van der Waals surface area contributed by atoms with Crippen molar-refractivity contribution in [3.05, 3.63) is 29.8 Å². The second kappa shape index (κ2) is 11.4. The van der Waals surface area contributed by atoms with Gasteiger partial charge in [-0.05, 0) is 45.1 Å². The SMILES string of the molecule is CCNC(=NCc1ccccc1OC1CCC1)NCC(=O)N1CCCC1.I. The van der Waals surface area contributed by atoms with Gasteiger partial charge in [-0.25, -0.2) is 4.99 Å². The highest BCUT2D eigenvalue weighted by Gasteiger charge is 2.20. The van der Waals surface area contributed by atoms with Crippen LogP contribution in [0.3, 0.4) is 0 Å². The number of rotatable bonds is 7. The smallest absolute Gasteiger partial charge is 0.241 e. The minimum atomic E-state index is 0. The zero-order chi connectivity index (χ0) is 18.2. The molecular formula is C20H31IN4O2. The van der Waals surface area contributed by atoms with E-state index < -0.39 is 0 Å². The molecule has 1 heterocycles. The number of hydrogen-bond acceptors (Lipinski definition) is 3. The lowest BCUT2D eigenvalue weighted by Gasteiger charge is -2.27. The first-order valence-corrected chi connectivity index (χ1v) is 9.81. The topological polar surface area (TPSA) is 66.0 Å². The van der Waals surface area contributed by atoms with E-state index in [1.807, 2.05) is 30.0 Å². The fourth-order valence-electron chi connectivity index (χ4n) is 3.16. The number of likely N-dealkylation sites (tertiary alicyclic amines) is 1. The molecule has 6 nitrogen and oxygen atoms in total. The van der Waals surface area contributed by atoms with Crippen LogP contribution in [0.4, 0.5) is 0 Å². The van der Waals surface area contributed by atoms with Crippen molar-refractivity contribution in [2.45, 2.75) is 51.7 Å². The number of amides is 1. The molecule has 0 spiro atoms. The van der Waals surface area contributed by atoms with Crippen LogP contribution in [0.25, 0.3) is 0 Å².